The van der Waals surface area contributed by atoms with Crippen LogP contribution in [-0.2, 0) is 17.6 Å². The molecule has 2 N–H and O–H groups in total. The highest BCUT2D eigenvalue weighted by Gasteiger charge is 2.26. The van der Waals surface area contributed by atoms with Gasteiger partial charge in [-0.25, -0.2) is 4.79 Å². The van der Waals surface area contributed by atoms with Gasteiger partial charge in [0.1, 0.15) is 5.00 Å². The van der Waals surface area contributed by atoms with Crippen molar-refractivity contribution in [3.63, 3.8) is 0 Å². The zero-order valence-corrected chi connectivity index (χ0v) is 17.4. The van der Waals surface area contributed by atoms with Crippen molar-refractivity contribution in [1.82, 2.24) is 5.32 Å². The Kier molecular flexibility index (Phi) is 7.69. The van der Waals surface area contributed by atoms with Crippen LogP contribution in [0, 0.1) is 5.92 Å². The lowest BCUT2D eigenvalue weighted by molar-refractivity contribution is 0.0601. The van der Waals surface area contributed by atoms with Gasteiger partial charge in [-0.2, -0.15) is 0 Å². The number of thiocarbonyl (C=S) groups is 1. The van der Waals surface area contributed by atoms with Crippen molar-refractivity contribution in [2.45, 2.75) is 71.8 Å². The smallest absolute Gasteiger partial charge is 0.341 e. The number of aryl methyl sites for hydroxylation is 1. The van der Waals surface area contributed by atoms with Crippen LogP contribution in [-0.4, -0.2) is 24.2 Å². The van der Waals surface area contributed by atoms with Gasteiger partial charge in [-0.15, -0.1) is 11.3 Å². The van der Waals surface area contributed by atoms with Gasteiger partial charge in [0.2, 0.25) is 0 Å². The molecule has 1 aromatic rings. The zero-order valence-electron chi connectivity index (χ0n) is 15.7. The molecule has 0 aliphatic heterocycles. The molecule has 4 nitrogen and oxygen atoms in total. The minimum Gasteiger partial charge on any atom is -0.465 e. The van der Waals surface area contributed by atoms with Gasteiger partial charge in [-0.05, 0) is 62.7 Å². The Labute approximate surface area is 160 Å². The fourth-order valence-corrected chi connectivity index (χ4v) is 4.89. The first-order valence-electron chi connectivity index (χ1n) is 9.22. The summed E-state index contributed by atoms with van der Waals surface area (Å²) in [6, 6.07) is 0.315. The highest BCUT2D eigenvalue weighted by Crippen LogP contribution is 2.38. The highest BCUT2D eigenvalue weighted by molar-refractivity contribution is 7.80. The van der Waals surface area contributed by atoms with Gasteiger partial charge < -0.3 is 15.4 Å². The SMILES string of the molecule is COC(=O)c1c(NC(=S)NC(C)CCCC(C)C)sc2c1CCCC2. The Morgan fingerprint density at radius 2 is 1.96 bits per heavy atom. The minimum absolute atomic E-state index is 0.269. The number of anilines is 1. The standard InChI is InChI=1S/C19H30N2O2S2/c1-12(2)8-7-9-13(3)20-19(24)21-17-16(18(22)23-4)14-10-5-6-11-15(14)25-17/h12-13H,5-11H2,1-4H3,(H2,20,21,24). The number of ether oxygens (including phenoxy) is 1. The Balaban J connectivity index is 2.00. The van der Waals surface area contributed by atoms with E-state index in [1.807, 2.05) is 0 Å². The van der Waals surface area contributed by atoms with Crippen LogP contribution in [0.5, 0.6) is 0 Å². The van der Waals surface area contributed by atoms with E-state index in [1.165, 1.54) is 31.2 Å². The lowest BCUT2D eigenvalue weighted by Crippen LogP contribution is -2.36. The number of esters is 1. The van der Waals surface area contributed by atoms with Gasteiger partial charge in [0, 0.05) is 10.9 Å². The normalized spacial score (nSPS) is 14.8. The summed E-state index contributed by atoms with van der Waals surface area (Å²) in [4.78, 5) is 13.6. The predicted octanol–water partition coefficient (Wildman–Crippen LogP) is 4.91. The maximum atomic E-state index is 12.3. The average Bonchev–Trinajstić information content (AvgIpc) is 2.91. The van der Waals surface area contributed by atoms with E-state index < -0.39 is 0 Å². The van der Waals surface area contributed by atoms with E-state index in [9.17, 15) is 4.79 Å². The van der Waals surface area contributed by atoms with Crippen molar-refractivity contribution in [1.29, 1.82) is 0 Å². The number of hydrogen-bond acceptors (Lipinski definition) is 4. The number of carbonyl (C=O) groups is 1. The Morgan fingerprint density at radius 1 is 1.24 bits per heavy atom. The number of methoxy groups -OCH3 is 1. The van der Waals surface area contributed by atoms with Crippen molar-refractivity contribution >= 4 is 39.6 Å². The predicted molar refractivity (Wildman–Crippen MR) is 110 cm³/mol. The summed E-state index contributed by atoms with van der Waals surface area (Å²) in [7, 11) is 1.44. The first-order valence-corrected chi connectivity index (χ1v) is 10.4. The van der Waals surface area contributed by atoms with Crippen LogP contribution < -0.4 is 10.6 Å². The monoisotopic (exact) mass is 382 g/mol. The van der Waals surface area contributed by atoms with E-state index in [2.05, 4.69) is 31.4 Å². The molecule has 6 heteroatoms. The van der Waals surface area contributed by atoms with Crippen molar-refractivity contribution in [2.24, 2.45) is 5.92 Å². The van der Waals surface area contributed by atoms with Crippen LogP contribution in [0.25, 0.3) is 0 Å². The maximum Gasteiger partial charge on any atom is 0.341 e. The fourth-order valence-electron chi connectivity index (χ4n) is 3.24. The second-order valence-electron chi connectivity index (χ2n) is 7.23. The van der Waals surface area contributed by atoms with E-state index in [0.717, 1.165) is 42.2 Å². The Morgan fingerprint density at radius 3 is 2.64 bits per heavy atom. The maximum absolute atomic E-state index is 12.3. The molecule has 1 aromatic heterocycles. The van der Waals surface area contributed by atoms with Crippen molar-refractivity contribution in [2.75, 3.05) is 12.4 Å². The van der Waals surface area contributed by atoms with E-state index in [0.29, 0.717) is 16.7 Å². The largest absolute Gasteiger partial charge is 0.465 e. The molecule has 0 saturated carbocycles. The van der Waals surface area contributed by atoms with E-state index in [4.69, 9.17) is 17.0 Å². The number of fused-ring (bicyclic) bond motifs is 1. The van der Waals surface area contributed by atoms with Crippen LogP contribution in [0.2, 0.25) is 0 Å². The second kappa shape index (κ2) is 9.53. The lowest BCUT2D eigenvalue weighted by atomic mass is 9.95. The Hall–Kier alpha value is -1.14. The summed E-state index contributed by atoms with van der Waals surface area (Å²) in [6.07, 6.45) is 7.81. The average molecular weight is 383 g/mol. The van der Waals surface area contributed by atoms with Gasteiger partial charge in [-0.3, -0.25) is 0 Å². The van der Waals surface area contributed by atoms with E-state index >= 15 is 0 Å². The molecule has 25 heavy (non-hydrogen) atoms. The third-order valence-corrected chi connectivity index (χ3v) is 6.01. The van der Waals surface area contributed by atoms with E-state index in [1.54, 1.807) is 11.3 Å². The summed E-state index contributed by atoms with van der Waals surface area (Å²) in [5.41, 5.74) is 1.83. The number of nitrogens with one attached hydrogen (secondary N) is 2. The molecule has 0 radical (unpaired) electrons. The van der Waals surface area contributed by atoms with Crippen molar-refractivity contribution < 1.29 is 9.53 Å². The second-order valence-corrected chi connectivity index (χ2v) is 8.74. The van der Waals surface area contributed by atoms with Crippen LogP contribution in [0.1, 0.15) is 73.7 Å². The molecule has 0 aromatic carbocycles. The first-order chi connectivity index (χ1) is 11.9. The van der Waals surface area contributed by atoms with E-state index in [-0.39, 0.29) is 5.97 Å². The van der Waals surface area contributed by atoms with Gasteiger partial charge in [0.05, 0.1) is 12.7 Å². The molecular weight excluding hydrogens is 352 g/mol. The van der Waals surface area contributed by atoms with Crippen molar-refractivity contribution in [3.05, 3.63) is 16.0 Å². The minimum atomic E-state index is -0.269. The molecule has 0 amide bonds. The molecule has 140 valence electrons. The fraction of sp³-hybridized carbons (Fsp3) is 0.684. The number of carbonyl (C=O) groups excluding carboxylic acids is 1. The van der Waals surface area contributed by atoms with Gasteiger partial charge in [-0.1, -0.05) is 26.7 Å². The number of hydrogen-bond donors (Lipinski definition) is 2. The molecule has 1 unspecified atom stereocenters. The highest BCUT2D eigenvalue weighted by atomic mass is 32.1. The summed E-state index contributed by atoms with van der Waals surface area (Å²) >= 11 is 7.11. The quantitative estimate of drug-likeness (QED) is 0.518. The van der Waals surface area contributed by atoms with Gasteiger partial charge in [0.15, 0.2) is 5.11 Å². The third kappa shape index (κ3) is 5.68. The van der Waals surface area contributed by atoms with Crippen LogP contribution in [0.4, 0.5) is 5.00 Å². The van der Waals surface area contributed by atoms with Gasteiger partial charge >= 0.3 is 5.97 Å². The molecule has 0 fully saturated rings. The molecule has 0 bridgehead atoms. The summed E-state index contributed by atoms with van der Waals surface area (Å²) in [5.74, 6) is 0.465. The number of rotatable bonds is 7. The van der Waals surface area contributed by atoms with Crippen LogP contribution in [0.3, 0.4) is 0 Å². The van der Waals surface area contributed by atoms with Crippen LogP contribution in [0.15, 0.2) is 0 Å². The molecule has 1 aliphatic rings. The molecule has 1 atom stereocenters. The van der Waals surface area contributed by atoms with Crippen LogP contribution >= 0.6 is 23.6 Å². The summed E-state index contributed by atoms with van der Waals surface area (Å²) in [6.45, 7) is 6.64. The molecule has 2 rings (SSSR count). The topological polar surface area (TPSA) is 50.4 Å². The molecule has 1 aliphatic carbocycles. The van der Waals surface area contributed by atoms with Crippen molar-refractivity contribution in [3.8, 4) is 0 Å². The summed E-state index contributed by atoms with van der Waals surface area (Å²) < 4.78 is 5.00. The molecular formula is C19H30N2O2S2. The third-order valence-electron chi connectivity index (χ3n) is 4.58. The summed E-state index contributed by atoms with van der Waals surface area (Å²) in [5, 5.41) is 8.00. The molecule has 0 saturated heterocycles. The first kappa shape index (κ1) is 20.2. The number of thiophene rings is 1. The lowest BCUT2D eigenvalue weighted by Gasteiger charge is -2.17. The molecule has 0 spiro atoms. The Bertz CT molecular complexity index is 611. The zero-order chi connectivity index (χ0) is 18.4. The molecule has 1 heterocycles. The van der Waals surface area contributed by atoms with Gasteiger partial charge in [0.25, 0.3) is 0 Å².